The van der Waals surface area contributed by atoms with E-state index in [1.54, 1.807) is 0 Å². The van der Waals surface area contributed by atoms with Gasteiger partial charge in [0.1, 0.15) is 0 Å². The molecule has 0 bridgehead atoms. The van der Waals surface area contributed by atoms with Crippen molar-refractivity contribution in [2.45, 2.75) is 83.0 Å². The van der Waals surface area contributed by atoms with Crippen LogP contribution >= 0.6 is 0 Å². The molecule has 2 heterocycles. The van der Waals surface area contributed by atoms with Gasteiger partial charge in [0.25, 0.3) is 0 Å². The summed E-state index contributed by atoms with van der Waals surface area (Å²) in [7, 11) is 2.17. The van der Waals surface area contributed by atoms with Gasteiger partial charge in [-0.2, -0.15) is 78.0 Å². The molecule has 4 heteroatoms. The molecule has 3 aliphatic carbocycles. The van der Waals surface area contributed by atoms with E-state index in [2.05, 4.69) is 158 Å². The van der Waals surface area contributed by atoms with Gasteiger partial charge < -0.3 is 14.4 Å². The smallest absolute Gasteiger partial charge is 0.504 e. The summed E-state index contributed by atoms with van der Waals surface area (Å²) < 4.78 is 2.42. The van der Waals surface area contributed by atoms with Crippen molar-refractivity contribution in [3.63, 3.8) is 0 Å². The van der Waals surface area contributed by atoms with Crippen LogP contribution in [0.4, 0.5) is 17.1 Å². The molecule has 3 saturated carbocycles. The Balaban J connectivity index is 0.00000372. The van der Waals surface area contributed by atoms with Crippen molar-refractivity contribution in [1.29, 1.82) is 0 Å². The van der Waals surface area contributed by atoms with Gasteiger partial charge in [-0.1, -0.05) is 88.0 Å². The third-order valence-electron chi connectivity index (χ3n) is 13.6. The van der Waals surface area contributed by atoms with E-state index in [0.717, 1.165) is 23.2 Å². The molecule has 1 aliphatic heterocycles. The fourth-order valence-corrected chi connectivity index (χ4v) is 11.4. The maximum Gasteiger partial charge on any atom is 4.00 e. The van der Waals surface area contributed by atoms with Gasteiger partial charge in [-0.3, -0.25) is 0 Å². The molecular formula is C49H49N3Pt. The Morgan fingerprint density at radius 1 is 0.679 bits per heavy atom. The second-order valence-corrected chi connectivity index (χ2v) is 17.2. The maximum absolute atomic E-state index is 4.29. The molecule has 1 aromatic heterocycles. The zero-order valence-corrected chi connectivity index (χ0v) is 33.7. The molecule has 0 saturated heterocycles. The number of hydrogen-bond acceptors (Lipinski definition) is 2. The van der Waals surface area contributed by atoms with Gasteiger partial charge in [-0.15, -0.1) is 23.2 Å². The van der Waals surface area contributed by atoms with E-state index >= 15 is 0 Å². The minimum atomic E-state index is -0.173. The molecule has 4 unspecified atom stereocenters. The average molecular weight is 875 g/mol. The van der Waals surface area contributed by atoms with Crippen LogP contribution in [-0.2, 0) is 31.9 Å². The second kappa shape index (κ2) is 13.2. The maximum atomic E-state index is 4.29. The van der Waals surface area contributed by atoms with Crippen LogP contribution in [-0.4, -0.2) is 11.6 Å². The van der Waals surface area contributed by atoms with Crippen molar-refractivity contribution in [2.75, 3.05) is 16.8 Å². The van der Waals surface area contributed by atoms with Crippen molar-refractivity contribution in [1.82, 2.24) is 4.57 Å². The van der Waals surface area contributed by atoms with Gasteiger partial charge in [0.15, 0.2) is 0 Å². The number of para-hydroxylation sites is 4. The predicted molar refractivity (Wildman–Crippen MR) is 215 cm³/mol. The third kappa shape index (κ3) is 5.31. The number of rotatable bonds is 4. The molecular weight excluding hydrogens is 826 g/mol. The van der Waals surface area contributed by atoms with Crippen LogP contribution in [0.25, 0.3) is 27.5 Å². The van der Waals surface area contributed by atoms with Crippen molar-refractivity contribution in [3.05, 3.63) is 139 Å². The second-order valence-electron chi connectivity index (χ2n) is 17.2. The number of hydrogen-bond donors (Lipinski definition) is 0. The van der Waals surface area contributed by atoms with Crippen LogP contribution < -0.4 is 9.80 Å². The minimum Gasteiger partial charge on any atom is -0.504 e. The molecule has 10 rings (SSSR count). The van der Waals surface area contributed by atoms with Crippen LogP contribution in [0.1, 0.15) is 88.8 Å². The quantitative estimate of drug-likeness (QED) is 0.164. The monoisotopic (exact) mass is 874 g/mol. The third-order valence-corrected chi connectivity index (χ3v) is 13.6. The van der Waals surface area contributed by atoms with Crippen molar-refractivity contribution < 1.29 is 21.1 Å². The van der Waals surface area contributed by atoms with E-state index in [0.29, 0.717) is 11.8 Å². The summed E-state index contributed by atoms with van der Waals surface area (Å²) in [5.74, 6) is 2.63. The Bertz CT molecular complexity index is 2270. The summed E-state index contributed by atoms with van der Waals surface area (Å²) in [6, 6.07) is 48.2. The Kier molecular flexibility index (Phi) is 8.69. The summed E-state index contributed by atoms with van der Waals surface area (Å²) in [4.78, 5) is 4.65. The SMILES string of the molecule is CN1[CH-]N(c2[c-]c(C3(c4[c-]c5c(cc4)c4ccccc4n5-c4[c-]cccc4)C4CCCCC4C4CCCCC43)cc(C(C)(C)C)c2)c2ccccc21.[Pt+4]. The molecule has 0 N–H and O–H groups in total. The fraction of sp³-hybridized carbons (Fsp3) is 0.367. The molecule has 270 valence electrons. The Hall–Kier alpha value is -3.81. The number of nitrogens with zero attached hydrogens (tertiary/aromatic N) is 3. The standard InChI is InChI=1S/C49H49N3.Pt/c1-48(2,3)34-28-35(30-37(29-34)51-32-50(4)45-24-14-15-25-46(45)51)49(42-21-11-8-18-38(42)39-19-9-12-22-43(39)49)33-26-27-41-40-20-10-13-23-44(40)52(47(41)31-33)36-16-6-5-7-17-36;/h5-7,10,13-16,20,23-29,32,38-39,42-43H,8-9,11-12,18-19,21-22H2,1-4H3;/q-4;+4. The van der Waals surface area contributed by atoms with Crippen LogP contribution in [0.3, 0.4) is 0 Å². The van der Waals surface area contributed by atoms with Gasteiger partial charge in [0, 0.05) is 16.9 Å². The molecule has 3 nitrogen and oxygen atoms in total. The molecule has 4 atom stereocenters. The van der Waals surface area contributed by atoms with E-state index < -0.39 is 0 Å². The Morgan fingerprint density at radius 3 is 2.08 bits per heavy atom. The Labute approximate surface area is 330 Å². The van der Waals surface area contributed by atoms with Crippen LogP contribution in [0.15, 0.2) is 97.1 Å². The average Bonchev–Trinajstić information content (AvgIpc) is 3.80. The first kappa shape index (κ1) is 34.9. The van der Waals surface area contributed by atoms with Crippen LogP contribution in [0, 0.1) is 48.5 Å². The summed E-state index contributed by atoms with van der Waals surface area (Å²) in [6.45, 7) is 9.40. The first-order valence-electron chi connectivity index (χ1n) is 19.8. The summed E-state index contributed by atoms with van der Waals surface area (Å²) in [5, 5.41) is 2.55. The summed E-state index contributed by atoms with van der Waals surface area (Å²) >= 11 is 0. The zero-order valence-electron chi connectivity index (χ0n) is 31.4. The van der Waals surface area contributed by atoms with E-state index in [-0.39, 0.29) is 31.9 Å². The first-order valence-corrected chi connectivity index (χ1v) is 19.8. The van der Waals surface area contributed by atoms with Crippen molar-refractivity contribution in [2.24, 2.45) is 23.7 Å². The van der Waals surface area contributed by atoms with Crippen molar-refractivity contribution >= 4 is 38.9 Å². The number of aromatic nitrogens is 1. The van der Waals surface area contributed by atoms with E-state index in [9.17, 15) is 0 Å². The van der Waals surface area contributed by atoms with E-state index in [4.69, 9.17) is 0 Å². The van der Waals surface area contributed by atoms with Crippen molar-refractivity contribution in [3.8, 4) is 5.69 Å². The van der Waals surface area contributed by atoms with Gasteiger partial charge in [-0.05, 0) is 90.8 Å². The Morgan fingerprint density at radius 2 is 1.36 bits per heavy atom. The number of benzene rings is 5. The van der Waals surface area contributed by atoms with Crippen LogP contribution in [0.2, 0.25) is 0 Å². The topological polar surface area (TPSA) is 11.4 Å². The molecule has 0 amide bonds. The molecule has 3 fully saturated rings. The molecule has 4 aliphatic rings. The van der Waals surface area contributed by atoms with Gasteiger partial charge in [0.05, 0.1) is 0 Å². The molecule has 53 heavy (non-hydrogen) atoms. The fourth-order valence-electron chi connectivity index (χ4n) is 11.4. The normalized spacial score (nSPS) is 25.3. The predicted octanol–water partition coefficient (Wildman–Crippen LogP) is 12.1. The number of fused-ring (bicyclic) bond motifs is 7. The van der Waals surface area contributed by atoms with E-state index in [1.807, 2.05) is 6.07 Å². The summed E-state index contributed by atoms with van der Waals surface area (Å²) in [5.41, 5.74) is 11.0. The largest absolute Gasteiger partial charge is 4.00 e. The summed E-state index contributed by atoms with van der Waals surface area (Å²) in [6.07, 6.45) is 10.6. The van der Waals surface area contributed by atoms with Crippen LogP contribution in [0.5, 0.6) is 0 Å². The molecule has 5 aromatic carbocycles. The molecule has 0 spiro atoms. The van der Waals surface area contributed by atoms with Gasteiger partial charge in [-0.25, -0.2) is 0 Å². The molecule has 0 radical (unpaired) electrons. The van der Waals surface area contributed by atoms with E-state index in [1.165, 1.54) is 101 Å². The number of anilines is 3. The van der Waals surface area contributed by atoms with Gasteiger partial charge >= 0.3 is 21.1 Å². The zero-order chi connectivity index (χ0) is 35.2. The van der Waals surface area contributed by atoms with Gasteiger partial charge in [0.2, 0.25) is 0 Å². The first-order chi connectivity index (χ1) is 25.3. The molecule has 6 aromatic rings. The minimum absolute atomic E-state index is 0.